The van der Waals surface area contributed by atoms with Gasteiger partial charge >= 0.3 is 6.18 Å². The Morgan fingerprint density at radius 2 is 1.86 bits per heavy atom. The first-order valence-corrected chi connectivity index (χ1v) is 8.79. The molecule has 1 aliphatic rings. The standard InChI is InChI=1S/C21H18F3N3O/c1-14-3-8-19-16(11-14)9-10-20(2,28-19)13-27-12-18(25-26-27)15-4-6-17(7-5-15)21(22,23)24/h3-12H,13H2,1-2H3. The number of aromatic nitrogens is 3. The van der Waals surface area contributed by atoms with E-state index in [1.165, 1.54) is 12.1 Å². The molecule has 3 aromatic rings. The van der Waals surface area contributed by atoms with Gasteiger partial charge in [0.05, 0.1) is 18.3 Å². The second-order valence-electron chi connectivity index (χ2n) is 7.17. The predicted octanol–water partition coefficient (Wildman–Crippen LogP) is 5.14. The summed E-state index contributed by atoms with van der Waals surface area (Å²) in [6.07, 6.45) is 1.35. The molecule has 0 bridgehead atoms. The number of alkyl halides is 3. The van der Waals surface area contributed by atoms with Gasteiger partial charge in [-0.25, -0.2) is 4.68 Å². The van der Waals surface area contributed by atoms with Crippen LogP contribution in [0.25, 0.3) is 17.3 Å². The lowest BCUT2D eigenvalue weighted by Gasteiger charge is -2.31. The molecule has 0 N–H and O–H groups in total. The van der Waals surface area contributed by atoms with E-state index >= 15 is 0 Å². The maximum Gasteiger partial charge on any atom is 0.416 e. The van der Waals surface area contributed by atoms with Crippen molar-refractivity contribution in [1.29, 1.82) is 0 Å². The monoisotopic (exact) mass is 385 g/mol. The first-order chi connectivity index (χ1) is 13.2. The molecule has 4 nitrogen and oxygen atoms in total. The molecule has 2 aromatic carbocycles. The van der Waals surface area contributed by atoms with Crippen LogP contribution in [0.1, 0.15) is 23.6 Å². The summed E-state index contributed by atoms with van der Waals surface area (Å²) in [6.45, 7) is 4.40. The summed E-state index contributed by atoms with van der Waals surface area (Å²) in [5.41, 5.74) is 1.98. The molecule has 0 saturated heterocycles. The van der Waals surface area contributed by atoms with Crippen LogP contribution in [-0.4, -0.2) is 20.6 Å². The molecule has 0 amide bonds. The lowest BCUT2D eigenvalue weighted by molar-refractivity contribution is -0.137. The molecule has 1 aliphatic heterocycles. The van der Waals surface area contributed by atoms with Gasteiger partial charge in [0.1, 0.15) is 17.0 Å². The van der Waals surface area contributed by atoms with Crippen molar-refractivity contribution >= 4 is 6.08 Å². The second-order valence-corrected chi connectivity index (χ2v) is 7.17. The Balaban J connectivity index is 1.52. The van der Waals surface area contributed by atoms with Crippen molar-refractivity contribution in [3.63, 3.8) is 0 Å². The van der Waals surface area contributed by atoms with Crippen molar-refractivity contribution in [3.05, 3.63) is 71.4 Å². The fourth-order valence-electron chi connectivity index (χ4n) is 3.19. The molecule has 0 aliphatic carbocycles. The molecule has 144 valence electrons. The summed E-state index contributed by atoms with van der Waals surface area (Å²) in [7, 11) is 0. The van der Waals surface area contributed by atoms with Gasteiger partial charge in [-0.15, -0.1) is 5.10 Å². The number of hydrogen-bond donors (Lipinski definition) is 0. The van der Waals surface area contributed by atoms with Crippen LogP contribution in [0.2, 0.25) is 0 Å². The summed E-state index contributed by atoms with van der Waals surface area (Å²) in [4.78, 5) is 0. The fourth-order valence-corrected chi connectivity index (χ4v) is 3.19. The number of rotatable bonds is 3. The Bertz CT molecular complexity index is 1040. The Labute approximate surface area is 160 Å². The average Bonchev–Trinajstić information content (AvgIpc) is 3.09. The normalized spacial score (nSPS) is 18.6. The van der Waals surface area contributed by atoms with Crippen LogP contribution < -0.4 is 4.74 Å². The molecule has 1 unspecified atom stereocenters. The highest BCUT2D eigenvalue weighted by molar-refractivity contribution is 5.62. The van der Waals surface area contributed by atoms with Gasteiger partial charge in [-0.2, -0.15) is 13.2 Å². The van der Waals surface area contributed by atoms with Gasteiger partial charge in [0.25, 0.3) is 0 Å². The Morgan fingerprint density at radius 1 is 1.11 bits per heavy atom. The minimum atomic E-state index is -4.36. The van der Waals surface area contributed by atoms with E-state index in [-0.39, 0.29) is 0 Å². The smallest absolute Gasteiger partial charge is 0.416 e. The van der Waals surface area contributed by atoms with Gasteiger partial charge < -0.3 is 4.74 Å². The zero-order valence-corrected chi connectivity index (χ0v) is 15.4. The van der Waals surface area contributed by atoms with E-state index in [0.29, 0.717) is 17.8 Å². The van der Waals surface area contributed by atoms with Gasteiger partial charge in [0.15, 0.2) is 0 Å². The van der Waals surface area contributed by atoms with Crippen LogP contribution >= 0.6 is 0 Å². The highest BCUT2D eigenvalue weighted by Gasteiger charge is 2.30. The van der Waals surface area contributed by atoms with E-state index in [1.54, 1.807) is 10.9 Å². The topological polar surface area (TPSA) is 39.9 Å². The Morgan fingerprint density at radius 3 is 2.57 bits per heavy atom. The van der Waals surface area contributed by atoms with Crippen LogP contribution in [0.5, 0.6) is 5.75 Å². The zero-order valence-electron chi connectivity index (χ0n) is 15.4. The van der Waals surface area contributed by atoms with Crippen molar-refractivity contribution in [2.75, 3.05) is 0 Å². The van der Waals surface area contributed by atoms with Gasteiger partial charge in [-0.05, 0) is 44.2 Å². The molecule has 1 atom stereocenters. The Kier molecular flexibility index (Phi) is 4.25. The van der Waals surface area contributed by atoms with Gasteiger partial charge in [-0.3, -0.25) is 0 Å². The van der Waals surface area contributed by atoms with E-state index in [0.717, 1.165) is 29.0 Å². The maximum absolute atomic E-state index is 12.7. The molecule has 2 heterocycles. The number of fused-ring (bicyclic) bond motifs is 1. The molecule has 1 aromatic heterocycles. The number of aryl methyl sites for hydroxylation is 1. The summed E-state index contributed by atoms with van der Waals surface area (Å²) in [5, 5.41) is 8.19. The number of benzene rings is 2. The van der Waals surface area contributed by atoms with Crippen LogP contribution in [0.3, 0.4) is 0 Å². The van der Waals surface area contributed by atoms with Gasteiger partial charge in [0.2, 0.25) is 0 Å². The first kappa shape index (κ1) is 18.3. The van der Waals surface area contributed by atoms with Crippen molar-refractivity contribution in [2.24, 2.45) is 0 Å². The quantitative estimate of drug-likeness (QED) is 0.627. The van der Waals surface area contributed by atoms with Crippen molar-refractivity contribution in [1.82, 2.24) is 15.0 Å². The molecule has 0 saturated carbocycles. The van der Waals surface area contributed by atoms with E-state index in [4.69, 9.17) is 4.74 Å². The van der Waals surface area contributed by atoms with Gasteiger partial charge in [0, 0.05) is 11.1 Å². The lowest BCUT2D eigenvalue weighted by atomic mass is 9.99. The third-order valence-electron chi connectivity index (χ3n) is 4.65. The molecule has 0 spiro atoms. The van der Waals surface area contributed by atoms with Crippen LogP contribution in [0, 0.1) is 6.92 Å². The maximum atomic E-state index is 12.7. The minimum absolute atomic E-state index is 0.421. The first-order valence-electron chi connectivity index (χ1n) is 8.79. The Hall–Kier alpha value is -3.09. The average molecular weight is 385 g/mol. The SMILES string of the molecule is Cc1ccc2c(c1)C=CC(C)(Cn1cc(-c3ccc(C(F)(F)F)cc3)nn1)O2. The molecular weight excluding hydrogens is 367 g/mol. The molecular formula is C21H18F3N3O. The van der Waals surface area contributed by atoms with Gasteiger partial charge in [-0.1, -0.05) is 35.1 Å². The second kappa shape index (κ2) is 6.51. The highest BCUT2D eigenvalue weighted by atomic mass is 19.4. The van der Waals surface area contributed by atoms with Crippen molar-refractivity contribution in [2.45, 2.75) is 32.2 Å². The highest BCUT2D eigenvalue weighted by Crippen LogP contribution is 2.33. The zero-order chi connectivity index (χ0) is 19.9. The van der Waals surface area contributed by atoms with Crippen LogP contribution in [-0.2, 0) is 12.7 Å². The number of nitrogens with zero attached hydrogens (tertiary/aromatic N) is 3. The largest absolute Gasteiger partial charge is 0.481 e. The van der Waals surface area contributed by atoms with Crippen molar-refractivity contribution in [3.8, 4) is 17.0 Å². The van der Waals surface area contributed by atoms with E-state index in [9.17, 15) is 13.2 Å². The molecule has 7 heteroatoms. The summed E-state index contributed by atoms with van der Waals surface area (Å²) < 4.78 is 45.9. The van der Waals surface area contributed by atoms with E-state index in [1.807, 2.05) is 38.1 Å². The molecule has 0 radical (unpaired) electrons. The fraction of sp³-hybridized carbons (Fsp3) is 0.238. The molecule has 4 rings (SSSR count). The number of halogens is 3. The van der Waals surface area contributed by atoms with E-state index in [2.05, 4.69) is 16.4 Å². The van der Waals surface area contributed by atoms with Crippen LogP contribution in [0.15, 0.2) is 54.7 Å². The third kappa shape index (κ3) is 3.65. The van der Waals surface area contributed by atoms with E-state index < -0.39 is 17.3 Å². The summed E-state index contributed by atoms with van der Waals surface area (Å²) in [6, 6.07) is 10.9. The molecule has 0 fully saturated rings. The predicted molar refractivity (Wildman–Crippen MR) is 99.7 cm³/mol. The third-order valence-corrected chi connectivity index (χ3v) is 4.65. The van der Waals surface area contributed by atoms with Crippen LogP contribution in [0.4, 0.5) is 13.2 Å². The lowest BCUT2D eigenvalue weighted by Crippen LogP contribution is -2.37. The summed E-state index contributed by atoms with van der Waals surface area (Å²) >= 11 is 0. The number of ether oxygens (including phenoxy) is 1. The summed E-state index contributed by atoms with van der Waals surface area (Å²) in [5.74, 6) is 0.804. The molecule has 28 heavy (non-hydrogen) atoms. The van der Waals surface area contributed by atoms with Crippen molar-refractivity contribution < 1.29 is 17.9 Å². The number of hydrogen-bond acceptors (Lipinski definition) is 3. The minimum Gasteiger partial charge on any atom is -0.481 e.